The van der Waals surface area contributed by atoms with Crippen LogP contribution in [0.15, 0.2) is 48.5 Å². The van der Waals surface area contributed by atoms with Crippen molar-refractivity contribution in [1.82, 2.24) is 10.6 Å². The molecule has 1 heterocycles. The zero-order chi connectivity index (χ0) is 20.3. The van der Waals surface area contributed by atoms with E-state index in [1.807, 2.05) is 18.2 Å². The Morgan fingerprint density at radius 1 is 1.00 bits per heavy atom. The van der Waals surface area contributed by atoms with Crippen molar-refractivity contribution in [2.75, 3.05) is 6.54 Å². The predicted molar refractivity (Wildman–Crippen MR) is 118 cm³/mol. The lowest BCUT2D eigenvalue weighted by Gasteiger charge is -2.34. The second-order valence-corrected chi connectivity index (χ2v) is 7.61. The fraction of sp³-hybridized carbons (Fsp3) is 0.455. The van der Waals surface area contributed by atoms with Gasteiger partial charge in [-0.05, 0) is 56.0 Å². The first-order chi connectivity index (χ1) is 14.0. The minimum Gasteiger partial charge on any atom is -0.490 e. The van der Waals surface area contributed by atoms with Gasteiger partial charge in [0.05, 0.1) is 6.10 Å². The summed E-state index contributed by atoms with van der Waals surface area (Å²) in [5.41, 5.74) is 1.88. The summed E-state index contributed by atoms with van der Waals surface area (Å²) in [5.74, 6) is 0.397. The number of rotatable bonds is 7. The van der Waals surface area contributed by atoms with E-state index in [9.17, 15) is 13.2 Å². The number of benzene rings is 2. The molecule has 0 spiro atoms. The molecular weight excluding hydrogens is 452 g/mol. The summed E-state index contributed by atoms with van der Waals surface area (Å²) in [5, 5.41) is 7.09. The minimum atomic E-state index is -4.71. The standard InChI is InChI=1S/C22H25F3N2O2.2ClH/c23-22(24,25)29-18-10-11-20(28-17-8-9-17)16(13-18)14-27-19-7-4-12-26-21(19)15-5-2-1-3-6-15;;/h1-3,5-6,10-11,13,17,19,21,26-27H,4,7-9,12,14H2;2*1H. The zero-order valence-corrected chi connectivity index (χ0v) is 18.5. The van der Waals surface area contributed by atoms with E-state index in [1.165, 1.54) is 17.7 Å². The van der Waals surface area contributed by atoms with Crippen LogP contribution < -0.4 is 20.1 Å². The highest BCUT2D eigenvalue weighted by Gasteiger charge is 2.32. The van der Waals surface area contributed by atoms with Crippen molar-refractivity contribution < 1.29 is 22.6 Å². The van der Waals surface area contributed by atoms with Crippen molar-refractivity contribution in [3.63, 3.8) is 0 Å². The summed E-state index contributed by atoms with van der Waals surface area (Å²) < 4.78 is 47.9. The molecule has 2 fully saturated rings. The number of piperidine rings is 1. The van der Waals surface area contributed by atoms with Crippen LogP contribution in [0.25, 0.3) is 0 Å². The summed E-state index contributed by atoms with van der Waals surface area (Å²) in [7, 11) is 0. The van der Waals surface area contributed by atoms with Gasteiger partial charge in [-0.1, -0.05) is 30.3 Å². The molecule has 31 heavy (non-hydrogen) atoms. The normalized spacial score (nSPS) is 20.9. The van der Waals surface area contributed by atoms with Crippen molar-refractivity contribution in [3.8, 4) is 11.5 Å². The van der Waals surface area contributed by atoms with Gasteiger partial charge in [-0.2, -0.15) is 0 Å². The second kappa shape index (κ2) is 11.3. The molecule has 2 aromatic carbocycles. The van der Waals surface area contributed by atoms with Gasteiger partial charge in [0.2, 0.25) is 0 Å². The first-order valence-electron chi connectivity index (χ1n) is 10.0. The molecule has 0 bridgehead atoms. The van der Waals surface area contributed by atoms with Gasteiger partial charge >= 0.3 is 6.36 Å². The van der Waals surface area contributed by atoms with Crippen LogP contribution in [-0.2, 0) is 6.54 Å². The first kappa shape index (κ1) is 25.6. The number of hydrogen-bond donors (Lipinski definition) is 2. The van der Waals surface area contributed by atoms with E-state index in [1.54, 1.807) is 6.07 Å². The Bertz CT molecular complexity index is 820. The topological polar surface area (TPSA) is 42.5 Å². The number of alkyl halides is 3. The van der Waals surface area contributed by atoms with Crippen LogP contribution in [-0.4, -0.2) is 25.1 Å². The maximum atomic E-state index is 12.6. The molecular formula is C22H27Cl2F3N2O2. The monoisotopic (exact) mass is 478 g/mol. The molecule has 4 nitrogen and oxygen atoms in total. The molecule has 0 amide bonds. The predicted octanol–water partition coefficient (Wildman–Crippen LogP) is 5.55. The molecule has 0 radical (unpaired) electrons. The Balaban J connectivity index is 0.00000171. The molecule has 1 saturated carbocycles. The van der Waals surface area contributed by atoms with Gasteiger partial charge < -0.3 is 20.1 Å². The quantitative estimate of drug-likeness (QED) is 0.547. The van der Waals surface area contributed by atoms with Crippen molar-refractivity contribution in [1.29, 1.82) is 0 Å². The Hall–Kier alpha value is -1.67. The minimum absolute atomic E-state index is 0. The maximum Gasteiger partial charge on any atom is 0.573 e. The van der Waals surface area contributed by atoms with Crippen molar-refractivity contribution >= 4 is 24.8 Å². The van der Waals surface area contributed by atoms with E-state index in [0.29, 0.717) is 17.9 Å². The van der Waals surface area contributed by atoms with Gasteiger partial charge in [-0.3, -0.25) is 0 Å². The van der Waals surface area contributed by atoms with E-state index in [2.05, 4.69) is 27.5 Å². The highest BCUT2D eigenvalue weighted by atomic mass is 35.5. The molecule has 2 unspecified atom stereocenters. The molecule has 172 valence electrons. The Labute approximate surface area is 192 Å². The van der Waals surface area contributed by atoms with Crippen LogP contribution >= 0.6 is 24.8 Å². The summed E-state index contributed by atoms with van der Waals surface area (Å²) in [6.45, 7) is 1.36. The lowest BCUT2D eigenvalue weighted by Crippen LogP contribution is -2.45. The van der Waals surface area contributed by atoms with Crippen LogP contribution in [0.4, 0.5) is 13.2 Å². The summed E-state index contributed by atoms with van der Waals surface area (Å²) >= 11 is 0. The fourth-order valence-electron chi connectivity index (χ4n) is 3.73. The Morgan fingerprint density at radius 2 is 1.74 bits per heavy atom. The average molecular weight is 479 g/mol. The highest BCUT2D eigenvalue weighted by molar-refractivity contribution is 5.85. The van der Waals surface area contributed by atoms with Gasteiger partial charge in [-0.25, -0.2) is 0 Å². The zero-order valence-electron chi connectivity index (χ0n) is 16.9. The van der Waals surface area contributed by atoms with Crippen LogP contribution in [0.1, 0.15) is 42.9 Å². The smallest absolute Gasteiger partial charge is 0.490 e. The van der Waals surface area contributed by atoms with Crippen LogP contribution in [0, 0.1) is 0 Å². The van der Waals surface area contributed by atoms with Gasteiger partial charge in [0, 0.05) is 24.2 Å². The van der Waals surface area contributed by atoms with Crippen LogP contribution in [0.5, 0.6) is 11.5 Å². The Morgan fingerprint density at radius 3 is 2.42 bits per heavy atom. The molecule has 2 atom stereocenters. The number of halogens is 5. The molecule has 2 N–H and O–H groups in total. The Kier molecular flexibility index (Phi) is 9.30. The highest BCUT2D eigenvalue weighted by Crippen LogP contribution is 2.33. The third kappa shape index (κ3) is 7.45. The number of nitrogens with one attached hydrogen (secondary N) is 2. The van der Waals surface area contributed by atoms with E-state index in [4.69, 9.17) is 4.74 Å². The molecule has 2 aromatic rings. The lowest BCUT2D eigenvalue weighted by atomic mass is 9.92. The van der Waals surface area contributed by atoms with Gasteiger partial charge in [0.1, 0.15) is 11.5 Å². The molecule has 0 aromatic heterocycles. The molecule has 1 saturated heterocycles. The van der Waals surface area contributed by atoms with E-state index in [0.717, 1.165) is 32.2 Å². The molecule has 9 heteroatoms. The second-order valence-electron chi connectivity index (χ2n) is 7.61. The number of ether oxygens (including phenoxy) is 2. The number of hydrogen-bond acceptors (Lipinski definition) is 4. The van der Waals surface area contributed by atoms with Crippen LogP contribution in [0.3, 0.4) is 0 Å². The van der Waals surface area contributed by atoms with Crippen LogP contribution in [0.2, 0.25) is 0 Å². The molecule has 2 aliphatic rings. The van der Waals surface area contributed by atoms with Gasteiger partial charge in [0.25, 0.3) is 0 Å². The average Bonchev–Trinajstić information content (AvgIpc) is 3.52. The SMILES string of the molecule is Cl.Cl.FC(F)(F)Oc1ccc(OC2CC2)c(CNC2CCCNC2c2ccccc2)c1. The fourth-order valence-corrected chi connectivity index (χ4v) is 3.73. The first-order valence-corrected chi connectivity index (χ1v) is 10.0. The molecule has 1 aliphatic carbocycles. The van der Waals surface area contributed by atoms with Gasteiger partial charge in [-0.15, -0.1) is 38.0 Å². The summed E-state index contributed by atoms with van der Waals surface area (Å²) in [4.78, 5) is 0. The molecule has 1 aliphatic heterocycles. The third-order valence-electron chi connectivity index (χ3n) is 5.26. The maximum absolute atomic E-state index is 12.6. The molecule has 4 rings (SSSR count). The van der Waals surface area contributed by atoms with Crippen molar-refractivity contribution in [2.24, 2.45) is 0 Å². The van der Waals surface area contributed by atoms with E-state index >= 15 is 0 Å². The lowest BCUT2D eigenvalue weighted by molar-refractivity contribution is -0.274. The van der Waals surface area contributed by atoms with E-state index in [-0.39, 0.29) is 48.8 Å². The van der Waals surface area contributed by atoms with Crippen molar-refractivity contribution in [3.05, 3.63) is 59.7 Å². The largest absolute Gasteiger partial charge is 0.573 e. The third-order valence-corrected chi connectivity index (χ3v) is 5.26. The van der Waals surface area contributed by atoms with Crippen molar-refractivity contribution in [2.45, 2.75) is 56.8 Å². The van der Waals surface area contributed by atoms with Gasteiger partial charge in [0.15, 0.2) is 0 Å². The summed E-state index contributed by atoms with van der Waals surface area (Å²) in [6, 6.07) is 14.8. The van der Waals surface area contributed by atoms with E-state index < -0.39 is 6.36 Å². The summed E-state index contributed by atoms with van der Waals surface area (Å²) in [6.07, 6.45) is -0.549.